The number of rotatable bonds is 2. The molecule has 1 aliphatic carbocycles. The van der Waals surface area contributed by atoms with Gasteiger partial charge < -0.3 is 9.88 Å². The predicted octanol–water partition coefficient (Wildman–Crippen LogP) is 2.46. The van der Waals surface area contributed by atoms with Gasteiger partial charge in [-0.05, 0) is 25.0 Å². The van der Waals surface area contributed by atoms with Crippen LogP contribution in [0.5, 0.6) is 0 Å². The summed E-state index contributed by atoms with van der Waals surface area (Å²) in [6.07, 6.45) is 7.27. The maximum atomic E-state index is 11.3. The molecule has 0 saturated heterocycles. The van der Waals surface area contributed by atoms with Crippen LogP contribution in [-0.2, 0) is 11.8 Å². The zero-order valence-corrected chi connectivity index (χ0v) is 11.3. The third kappa shape index (κ3) is 2.43. The third-order valence-electron chi connectivity index (χ3n) is 3.25. The highest BCUT2D eigenvalue weighted by Crippen LogP contribution is 2.28. The number of carbonyl (C=O) groups excluding carboxylic acids is 1. The summed E-state index contributed by atoms with van der Waals surface area (Å²) in [6.45, 7) is 3.44. The van der Waals surface area contributed by atoms with Crippen LogP contribution in [0, 0.1) is 17.8 Å². The third-order valence-corrected chi connectivity index (χ3v) is 3.25. The van der Waals surface area contributed by atoms with E-state index in [-0.39, 0.29) is 5.91 Å². The Balaban J connectivity index is 2.02. The molecule has 0 aromatic carbocycles. The van der Waals surface area contributed by atoms with Gasteiger partial charge in [0.05, 0.1) is 17.4 Å². The fraction of sp³-hybridized carbons (Fsp3) is 0.250. The van der Waals surface area contributed by atoms with Gasteiger partial charge in [-0.2, -0.15) is 0 Å². The van der Waals surface area contributed by atoms with Crippen LogP contribution in [-0.4, -0.2) is 15.5 Å². The van der Waals surface area contributed by atoms with Crippen molar-refractivity contribution in [3.63, 3.8) is 0 Å². The molecule has 4 heteroatoms. The van der Waals surface area contributed by atoms with Crippen molar-refractivity contribution < 1.29 is 4.79 Å². The van der Waals surface area contributed by atoms with Crippen molar-refractivity contribution >= 4 is 22.6 Å². The standard InChI is InChI=1S/C16H15N3O/c1-3-15(20)18-13-8-14-12(7-6-11-4-5-11)10-19(2)16(14)17-9-13/h3,8-11H,1,4-5H2,2H3,(H,18,20). The lowest BCUT2D eigenvalue weighted by atomic mass is 10.2. The summed E-state index contributed by atoms with van der Waals surface area (Å²) in [4.78, 5) is 15.7. The van der Waals surface area contributed by atoms with Gasteiger partial charge in [-0.15, -0.1) is 0 Å². The summed E-state index contributed by atoms with van der Waals surface area (Å²) in [5, 5.41) is 3.68. The molecule has 1 amide bonds. The monoisotopic (exact) mass is 265 g/mol. The van der Waals surface area contributed by atoms with E-state index in [2.05, 4.69) is 28.7 Å². The van der Waals surface area contributed by atoms with Crippen LogP contribution in [0.4, 0.5) is 5.69 Å². The molecule has 2 heterocycles. The first-order valence-electron chi connectivity index (χ1n) is 6.57. The van der Waals surface area contributed by atoms with Crippen molar-refractivity contribution in [2.45, 2.75) is 12.8 Å². The van der Waals surface area contributed by atoms with Gasteiger partial charge in [0.2, 0.25) is 5.91 Å². The average molecular weight is 265 g/mol. The topological polar surface area (TPSA) is 46.9 Å². The van der Waals surface area contributed by atoms with E-state index in [1.165, 1.54) is 18.9 Å². The zero-order chi connectivity index (χ0) is 14.1. The van der Waals surface area contributed by atoms with E-state index in [9.17, 15) is 4.79 Å². The number of hydrogen-bond acceptors (Lipinski definition) is 2. The maximum Gasteiger partial charge on any atom is 0.247 e. The molecule has 1 N–H and O–H groups in total. The number of amides is 1. The number of aryl methyl sites for hydroxylation is 1. The lowest BCUT2D eigenvalue weighted by molar-refractivity contribution is -0.111. The first-order valence-corrected chi connectivity index (χ1v) is 6.57. The van der Waals surface area contributed by atoms with E-state index in [0.29, 0.717) is 11.6 Å². The van der Waals surface area contributed by atoms with E-state index in [0.717, 1.165) is 16.6 Å². The van der Waals surface area contributed by atoms with E-state index < -0.39 is 0 Å². The molecule has 20 heavy (non-hydrogen) atoms. The molecule has 1 fully saturated rings. The second kappa shape index (κ2) is 4.86. The Bertz CT molecular complexity index is 757. The highest BCUT2D eigenvalue weighted by molar-refractivity contribution is 6.00. The molecule has 0 atom stereocenters. The molecule has 0 aliphatic heterocycles. The summed E-state index contributed by atoms with van der Waals surface area (Å²) in [6, 6.07) is 1.90. The van der Waals surface area contributed by atoms with Crippen LogP contribution >= 0.6 is 0 Å². The summed E-state index contributed by atoms with van der Waals surface area (Å²) in [7, 11) is 1.94. The van der Waals surface area contributed by atoms with Crippen molar-refractivity contribution in [2.24, 2.45) is 13.0 Å². The molecule has 2 aromatic heterocycles. The number of fused-ring (bicyclic) bond motifs is 1. The van der Waals surface area contributed by atoms with Crippen LogP contribution in [0.25, 0.3) is 11.0 Å². The molecule has 100 valence electrons. The summed E-state index contributed by atoms with van der Waals surface area (Å²) < 4.78 is 1.95. The number of nitrogens with zero attached hydrogens (tertiary/aromatic N) is 2. The Labute approximate surface area is 117 Å². The van der Waals surface area contributed by atoms with E-state index >= 15 is 0 Å². The van der Waals surface area contributed by atoms with Gasteiger partial charge in [0.15, 0.2) is 0 Å². The summed E-state index contributed by atoms with van der Waals surface area (Å²) in [5.74, 6) is 6.79. The van der Waals surface area contributed by atoms with E-state index in [4.69, 9.17) is 0 Å². The predicted molar refractivity (Wildman–Crippen MR) is 79.1 cm³/mol. The van der Waals surface area contributed by atoms with Crippen LogP contribution < -0.4 is 5.32 Å². The lowest BCUT2D eigenvalue weighted by Crippen LogP contribution is -2.07. The van der Waals surface area contributed by atoms with Crippen LogP contribution in [0.15, 0.2) is 31.1 Å². The van der Waals surface area contributed by atoms with Gasteiger partial charge in [0.25, 0.3) is 0 Å². The molecule has 0 radical (unpaired) electrons. The first kappa shape index (κ1) is 12.5. The van der Waals surface area contributed by atoms with Crippen LogP contribution in [0.2, 0.25) is 0 Å². The average Bonchev–Trinajstić information content (AvgIpc) is 3.22. The number of aromatic nitrogens is 2. The van der Waals surface area contributed by atoms with Gasteiger partial charge in [-0.25, -0.2) is 4.98 Å². The minimum Gasteiger partial charge on any atom is -0.334 e. The molecule has 3 rings (SSSR count). The van der Waals surface area contributed by atoms with Gasteiger partial charge >= 0.3 is 0 Å². The summed E-state index contributed by atoms with van der Waals surface area (Å²) >= 11 is 0. The Hall–Kier alpha value is -2.54. The molecule has 0 unspecified atom stereocenters. The summed E-state index contributed by atoms with van der Waals surface area (Å²) in [5.41, 5.74) is 2.47. The molecule has 1 aliphatic rings. The molecular weight excluding hydrogens is 250 g/mol. The lowest BCUT2D eigenvalue weighted by Gasteiger charge is -2.02. The van der Waals surface area contributed by atoms with E-state index in [1.54, 1.807) is 6.20 Å². The largest absolute Gasteiger partial charge is 0.334 e. The molecule has 4 nitrogen and oxygen atoms in total. The van der Waals surface area contributed by atoms with Crippen LogP contribution in [0.3, 0.4) is 0 Å². The molecule has 0 spiro atoms. The highest BCUT2D eigenvalue weighted by Gasteiger charge is 2.18. The second-order valence-electron chi connectivity index (χ2n) is 4.99. The van der Waals surface area contributed by atoms with Gasteiger partial charge in [-0.3, -0.25) is 4.79 Å². The molecule has 1 saturated carbocycles. The Kier molecular flexibility index (Phi) is 3.03. The van der Waals surface area contributed by atoms with Crippen LogP contribution in [0.1, 0.15) is 18.4 Å². The second-order valence-corrected chi connectivity index (χ2v) is 4.99. The quantitative estimate of drug-likeness (QED) is 0.669. The smallest absolute Gasteiger partial charge is 0.247 e. The van der Waals surface area contributed by atoms with Crippen molar-refractivity contribution in [1.29, 1.82) is 0 Å². The van der Waals surface area contributed by atoms with Gasteiger partial charge in [-0.1, -0.05) is 18.4 Å². The molecular formula is C16H15N3O. The normalized spacial score (nSPS) is 13.7. The Morgan fingerprint density at radius 2 is 2.40 bits per heavy atom. The SMILES string of the molecule is C=CC(=O)Nc1cnc2c(c1)c(C#CC1CC1)cn2C. The Morgan fingerprint density at radius 1 is 1.60 bits per heavy atom. The minimum absolute atomic E-state index is 0.243. The van der Waals surface area contributed by atoms with Crippen molar-refractivity contribution in [3.8, 4) is 11.8 Å². The highest BCUT2D eigenvalue weighted by atomic mass is 16.1. The first-order chi connectivity index (χ1) is 9.67. The maximum absolute atomic E-state index is 11.3. The molecule has 2 aromatic rings. The number of pyridine rings is 1. The Morgan fingerprint density at radius 3 is 3.10 bits per heavy atom. The fourth-order valence-corrected chi connectivity index (χ4v) is 2.03. The van der Waals surface area contributed by atoms with E-state index in [1.807, 2.05) is 23.9 Å². The zero-order valence-electron chi connectivity index (χ0n) is 11.3. The number of hydrogen-bond donors (Lipinski definition) is 1. The van der Waals surface area contributed by atoms with Crippen molar-refractivity contribution in [1.82, 2.24) is 9.55 Å². The number of nitrogens with one attached hydrogen (secondary N) is 1. The van der Waals surface area contributed by atoms with Gasteiger partial charge in [0, 0.05) is 24.5 Å². The van der Waals surface area contributed by atoms with Gasteiger partial charge in [0.1, 0.15) is 5.65 Å². The minimum atomic E-state index is -0.243. The fourth-order valence-electron chi connectivity index (χ4n) is 2.03. The van der Waals surface area contributed by atoms with Crippen molar-refractivity contribution in [2.75, 3.05) is 5.32 Å². The number of anilines is 1. The number of carbonyl (C=O) groups is 1. The van der Waals surface area contributed by atoms with Crippen molar-refractivity contribution in [3.05, 3.63) is 36.7 Å². The molecule has 0 bridgehead atoms.